The third-order valence-corrected chi connectivity index (χ3v) is 3.92. The van der Waals surface area contributed by atoms with Crippen LogP contribution in [0.25, 0.3) is 21.8 Å². The lowest BCUT2D eigenvalue weighted by atomic mass is 10.2. The van der Waals surface area contributed by atoms with Crippen LogP contribution in [0.5, 0.6) is 0 Å². The van der Waals surface area contributed by atoms with Crippen molar-refractivity contribution in [2.45, 2.75) is 6.61 Å². The normalized spacial score (nSPS) is 11.6. The van der Waals surface area contributed by atoms with Gasteiger partial charge in [-0.1, -0.05) is 41.6 Å². The highest BCUT2D eigenvalue weighted by atomic mass is 16.6. The highest BCUT2D eigenvalue weighted by Gasteiger charge is 2.10. The molecule has 0 bridgehead atoms. The minimum Gasteiger partial charge on any atom is -0.389 e. The van der Waals surface area contributed by atoms with Gasteiger partial charge in [-0.15, -0.1) is 0 Å². The van der Waals surface area contributed by atoms with Crippen molar-refractivity contribution < 1.29 is 9.26 Å². The van der Waals surface area contributed by atoms with Gasteiger partial charge in [-0.3, -0.25) is 0 Å². The van der Waals surface area contributed by atoms with Gasteiger partial charge in [0.15, 0.2) is 5.49 Å². The fourth-order valence-electron chi connectivity index (χ4n) is 2.63. The molecule has 126 valence electrons. The van der Waals surface area contributed by atoms with Gasteiger partial charge >= 0.3 is 0 Å². The molecule has 26 heavy (non-hydrogen) atoms. The van der Waals surface area contributed by atoms with Crippen molar-refractivity contribution in [2.75, 3.05) is 0 Å². The van der Waals surface area contributed by atoms with Crippen molar-refractivity contribution in [1.29, 1.82) is 0 Å². The van der Waals surface area contributed by atoms with E-state index in [1.54, 1.807) is 36.7 Å². The van der Waals surface area contributed by atoms with Crippen molar-refractivity contribution in [1.82, 2.24) is 9.97 Å². The maximum absolute atomic E-state index is 12.3. The molecule has 2 heterocycles. The van der Waals surface area contributed by atoms with Gasteiger partial charge in [0.1, 0.15) is 12.1 Å². The molecule has 2 aromatic heterocycles. The van der Waals surface area contributed by atoms with E-state index in [0.29, 0.717) is 23.1 Å². The minimum absolute atomic E-state index is 0.354. The Morgan fingerprint density at radius 3 is 2.73 bits per heavy atom. The first kappa shape index (κ1) is 15.8. The van der Waals surface area contributed by atoms with Crippen LogP contribution in [0.1, 0.15) is 5.56 Å². The summed E-state index contributed by atoms with van der Waals surface area (Å²) in [6, 6.07) is 18.5. The van der Waals surface area contributed by atoms with Gasteiger partial charge in [0.05, 0.1) is 4.43 Å². The fourth-order valence-corrected chi connectivity index (χ4v) is 2.63. The largest absolute Gasteiger partial charge is 0.389 e. The zero-order chi connectivity index (χ0) is 17.8. The molecular weight excluding hydrogens is 328 g/mol. The smallest absolute Gasteiger partial charge is 0.288 e. The number of rotatable bonds is 3. The van der Waals surface area contributed by atoms with Crippen LogP contribution in [0.2, 0.25) is 0 Å². The summed E-state index contributed by atoms with van der Waals surface area (Å²) in [5, 5.41) is 5.72. The second-order valence-electron chi connectivity index (χ2n) is 5.69. The maximum Gasteiger partial charge on any atom is 0.288 e. The number of hydrogen-bond donors (Lipinski definition) is 0. The van der Waals surface area contributed by atoms with Gasteiger partial charge in [0.25, 0.3) is 5.52 Å². The zero-order valence-corrected chi connectivity index (χ0v) is 13.8. The molecule has 0 radical (unpaired) electrons. The van der Waals surface area contributed by atoms with Crippen LogP contribution in [0.4, 0.5) is 0 Å². The van der Waals surface area contributed by atoms with Crippen LogP contribution < -0.4 is 9.91 Å². The third-order valence-electron chi connectivity index (χ3n) is 3.92. The van der Waals surface area contributed by atoms with Crippen molar-refractivity contribution in [2.24, 2.45) is 5.16 Å². The summed E-state index contributed by atoms with van der Waals surface area (Å²) in [6.45, 7) is 0.354. The standard InChI is InChI=1S/C20H15N4O2/c25-24-10-6-2-5-9-21-18-11-16-13-22-20(17(16)12-19(18)24)23-26-14-15-7-3-1-4-8-15/h1-13H,14H2/q+1. The van der Waals surface area contributed by atoms with Crippen LogP contribution in [0.15, 0.2) is 84.4 Å². The molecule has 0 unspecified atom stereocenters. The lowest BCUT2D eigenvalue weighted by Crippen LogP contribution is -2.12. The van der Waals surface area contributed by atoms with Gasteiger partial charge in [0, 0.05) is 40.2 Å². The van der Waals surface area contributed by atoms with E-state index >= 15 is 0 Å². The second-order valence-corrected chi connectivity index (χ2v) is 5.69. The highest BCUT2D eigenvalue weighted by Crippen LogP contribution is 2.15. The minimum atomic E-state index is 0.354. The molecule has 0 spiro atoms. The summed E-state index contributed by atoms with van der Waals surface area (Å²) < 4.78 is 0.781. The highest BCUT2D eigenvalue weighted by molar-refractivity contribution is 5.93. The summed E-state index contributed by atoms with van der Waals surface area (Å²) in [6.07, 6.45) is 4.79. The van der Waals surface area contributed by atoms with E-state index in [0.717, 1.165) is 20.8 Å². The monoisotopic (exact) mass is 343 g/mol. The Balaban J connectivity index is 1.80. The van der Waals surface area contributed by atoms with E-state index in [1.807, 2.05) is 36.4 Å². The second kappa shape index (κ2) is 7.06. The van der Waals surface area contributed by atoms with Crippen LogP contribution in [0.3, 0.4) is 0 Å². The molecule has 0 fully saturated rings. The zero-order valence-electron chi connectivity index (χ0n) is 13.8. The maximum atomic E-state index is 12.3. The molecule has 0 amide bonds. The lowest BCUT2D eigenvalue weighted by molar-refractivity contribution is -0.463. The Labute approximate surface area is 148 Å². The molecule has 4 rings (SSSR count). The van der Waals surface area contributed by atoms with E-state index < -0.39 is 0 Å². The van der Waals surface area contributed by atoms with Crippen LogP contribution >= 0.6 is 0 Å². The van der Waals surface area contributed by atoms with Crippen molar-refractivity contribution in [3.8, 4) is 0 Å². The molecule has 0 aliphatic rings. The first-order chi connectivity index (χ1) is 12.8. The van der Waals surface area contributed by atoms with Gasteiger partial charge in [-0.25, -0.2) is 9.97 Å². The van der Waals surface area contributed by atoms with Gasteiger partial charge in [-0.2, -0.15) is 0 Å². The predicted molar refractivity (Wildman–Crippen MR) is 97.2 cm³/mol. The molecule has 6 nitrogen and oxygen atoms in total. The quantitative estimate of drug-likeness (QED) is 0.424. The average Bonchev–Trinajstić information content (AvgIpc) is 3.09. The lowest BCUT2D eigenvalue weighted by Gasteiger charge is -1.97. The Kier molecular flexibility index (Phi) is 4.30. The van der Waals surface area contributed by atoms with Crippen molar-refractivity contribution in [3.63, 3.8) is 0 Å². The van der Waals surface area contributed by atoms with Crippen molar-refractivity contribution >= 4 is 21.8 Å². The van der Waals surface area contributed by atoms with E-state index in [2.05, 4.69) is 15.1 Å². The molecule has 0 N–H and O–H groups in total. The predicted octanol–water partition coefficient (Wildman–Crippen LogP) is 2.73. The molecule has 6 heteroatoms. The van der Waals surface area contributed by atoms with E-state index in [9.17, 15) is 4.91 Å². The van der Waals surface area contributed by atoms with E-state index in [-0.39, 0.29) is 0 Å². The van der Waals surface area contributed by atoms with Crippen LogP contribution in [-0.2, 0) is 11.4 Å². The van der Waals surface area contributed by atoms with Gasteiger partial charge < -0.3 is 4.84 Å². The SMILES string of the molecule is O=[n+]1cccccnc2cc3cnc(=NOCc4ccccc4)c3cc21. The molecular formula is C20H15N4O2+. The van der Waals surface area contributed by atoms with Gasteiger partial charge in [0.2, 0.25) is 6.20 Å². The molecule has 2 aromatic carbocycles. The number of benzene rings is 2. The fraction of sp³-hybridized carbons (Fsp3) is 0.0500. The molecule has 0 saturated heterocycles. The number of hydrogen-bond acceptors (Lipinski definition) is 5. The average molecular weight is 343 g/mol. The molecule has 0 atom stereocenters. The topological polar surface area (TPSA) is 70.3 Å². The van der Waals surface area contributed by atoms with Crippen molar-refractivity contribution in [3.05, 3.63) is 95.2 Å². The Morgan fingerprint density at radius 1 is 1.00 bits per heavy atom. The summed E-state index contributed by atoms with van der Waals surface area (Å²) in [7, 11) is 0. The Morgan fingerprint density at radius 2 is 1.85 bits per heavy atom. The Bertz CT molecular complexity index is 1210. The number of aromatic nitrogens is 3. The first-order valence-electron chi connectivity index (χ1n) is 8.11. The third kappa shape index (κ3) is 3.25. The van der Waals surface area contributed by atoms with E-state index in [1.165, 1.54) is 6.20 Å². The summed E-state index contributed by atoms with van der Waals surface area (Å²) >= 11 is 0. The Hall–Kier alpha value is -3.67. The first-order valence-corrected chi connectivity index (χ1v) is 8.11. The van der Waals surface area contributed by atoms with Crippen LogP contribution in [0, 0.1) is 4.91 Å². The molecule has 0 aliphatic carbocycles. The van der Waals surface area contributed by atoms with Crippen LogP contribution in [-0.4, -0.2) is 9.97 Å². The number of nitrogens with zero attached hydrogens (tertiary/aromatic N) is 4. The summed E-state index contributed by atoms with van der Waals surface area (Å²) in [5.74, 6) is 0. The number of fused-ring (bicyclic) bond motifs is 2. The summed E-state index contributed by atoms with van der Waals surface area (Å²) in [5.41, 5.74) is 2.47. The molecule has 0 aliphatic heterocycles. The molecule has 0 saturated carbocycles. The molecule has 4 aromatic rings. The summed E-state index contributed by atoms with van der Waals surface area (Å²) in [4.78, 5) is 26.4. The van der Waals surface area contributed by atoms with E-state index in [4.69, 9.17) is 4.84 Å². The van der Waals surface area contributed by atoms with Gasteiger partial charge in [-0.05, 0) is 17.7 Å².